The van der Waals surface area contributed by atoms with E-state index in [0.29, 0.717) is 43.8 Å². The minimum atomic E-state index is -0.0278. The highest BCUT2D eigenvalue weighted by Crippen LogP contribution is 2.17. The molecule has 4 nitrogen and oxygen atoms in total. The van der Waals surface area contributed by atoms with Crippen molar-refractivity contribution in [1.29, 1.82) is 0 Å². The summed E-state index contributed by atoms with van der Waals surface area (Å²) < 4.78 is 10.6. The lowest BCUT2D eigenvalue weighted by molar-refractivity contribution is -0.145. The number of unbranched alkanes of at least 4 members (excludes halogenated alkanes) is 7. The van der Waals surface area contributed by atoms with Crippen molar-refractivity contribution < 1.29 is 19.1 Å². The van der Waals surface area contributed by atoms with Crippen molar-refractivity contribution in [1.82, 2.24) is 0 Å². The maximum atomic E-state index is 11.8. The van der Waals surface area contributed by atoms with Gasteiger partial charge in [-0.3, -0.25) is 9.59 Å². The Kier molecular flexibility index (Phi) is 21.0. The van der Waals surface area contributed by atoms with Crippen LogP contribution >= 0.6 is 0 Å². The van der Waals surface area contributed by atoms with E-state index in [1.54, 1.807) is 0 Å². The molecule has 1 unspecified atom stereocenters. The average molecular weight is 455 g/mol. The van der Waals surface area contributed by atoms with Gasteiger partial charge in [0.1, 0.15) is 0 Å². The molecule has 0 aromatic carbocycles. The number of carbonyl (C=O) groups excluding carboxylic acids is 2. The van der Waals surface area contributed by atoms with Crippen LogP contribution in [0.25, 0.3) is 0 Å². The third-order valence-electron chi connectivity index (χ3n) is 6.05. The minimum Gasteiger partial charge on any atom is -0.466 e. The van der Waals surface area contributed by atoms with Gasteiger partial charge in [-0.1, -0.05) is 86.0 Å². The van der Waals surface area contributed by atoms with E-state index in [1.165, 1.54) is 44.9 Å². The smallest absolute Gasteiger partial charge is 0.305 e. The van der Waals surface area contributed by atoms with Crippen molar-refractivity contribution in [2.45, 2.75) is 137 Å². The van der Waals surface area contributed by atoms with E-state index < -0.39 is 0 Å². The minimum absolute atomic E-state index is 0.0257. The summed E-state index contributed by atoms with van der Waals surface area (Å²) in [4.78, 5) is 23.5. The van der Waals surface area contributed by atoms with Crippen LogP contribution in [0.5, 0.6) is 0 Å². The predicted molar refractivity (Wildman–Crippen MR) is 135 cm³/mol. The molecule has 0 amide bonds. The zero-order chi connectivity index (χ0) is 24.0. The Hall–Kier alpha value is -1.06. The van der Waals surface area contributed by atoms with E-state index in [-0.39, 0.29) is 11.9 Å². The predicted octanol–water partition coefficient (Wildman–Crippen LogP) is 8.26. The Bertz CT molecular complexity index is 445. The van der Waals surface area contributed by atoms with E-state index >= 15 is 0 Å². The number of rotatable bonds is 22. The lowest BCUT2D eigenvalue weighted by Gasteiger charge is -2.11. The summed E-state index contributed by atoms with van der Waals surface area (Å²) in [6, 6.07) is 0. The molecular weight excluding hydrogens is 400 g/mol. The van der Waals surface area contributed by atoms with Crippen LogP contribution < -0.4 is 0 Å². The summed E-state index contributed by atoms with van der Waals surface area (Å²) in [6.07, 6.45) is 17.2. The van der Waals surface area contributed by atoms with E-state index in [2.05, 4.69) is 34.6 Å². The number of carbonyl (C=O) groups is 2. The van der Waals surface area contributed by atoms with Crippen molar-refractivity contribution in [2.75, 3.05) is 13.2 Å². The Labute approximate surface area is 199 Å². The van der Waals surface area contributed by atoms with Gasteiger partial charge in [0.15, 0.2) is 0 Å². The molecule has 0 aromatic heterocycles. The fraction of sp³-hybridized carbons (Fsp3) is 0.929. The molecule has 0 bridgehead atoms. The summed E-state index contributed by atoms with van der Waals surface area (Å²) in [5.41, 5.74) is 0. The van der Waals surface area contributed by atoms with Gasteiger partial charge in [0, 0.05) is 12.8 Å². The molecule has 0 aromatic rings. The third kappa shape index (κ3) is 23.6. The SMILES string of the molecule is CC(C)CCCOC(=O)CCCCCCCCCCC(C)CCC(=O)OCCCC(C)C. The summed E-state index contributed by atoms with van der Waals surface area (Å²) in [7, 11) is 0. The zero-order valence-electron chi connectivity index (χ0n) is 22.1. The molecule has 0 N–H and O–H groups in total. The van der Waals surface area contributed by atoms with Gasteiger partial charge >= 0.3 is 11.9 Å². The molecule has 0 saturated heterocycles. The average Bonchev–Trinajstić information content (AvgIpc) is 2.73. The molecule has 0 aliphatic heterocycles. The number of hydrogen-bond acceptors (Lipinski definition) is 4. The second-order valence-corrected chi connectivity index (χ2v) is 10.5. The number of hydrogen-bond donors (Lipinski definition) is 0. The van der Waals surface area contributed by atoms with Crippen LogP contribution in [0.2, 0.25) is 0 Å². The van der Waals surface area contributed by atoms with E-state index in [4.69, 9.17) is 9.47 Å². The van der Waals surface area contributed by atoms with Crippen molar-refractivity contribution >= 4 is 11.9 Å². The van der Waals surface area contributed by atoms with Gasteiger partial charge in [-0.15, -0.1) is 0 Å². The van der Waals surface area contributed by atoms with Crippen LogP contribution in [0.1, 0.15) is 137 Å². The van der Waals surface area contributed by atoms with Crippen molar-refractivity contribution in [3.63, 3.8) is 0 Å². The first kappa shape index (κ1) is 30.9. The fourth-order valence-corrected chi connectivity index (χ4v) is 3.83. The van der Waals surface area contributed by atoms with Gasteiger partial charge in [0.05, 0.1) is 13.2 Å². The largest absolute Gasteiger partial charge is 0.466 e. The van der Waals surface area contributed by atoms with Gasteiger partial charge in [-0.05, 0) is 56.3 Å². The molecule has 0 fully saturated rings. The molecule has 190 valence electrons. The molecule has 4 heteroatoms. The quantitative estimate of drug-likeness (QED) is 0.122. The Morgan fingerprint density at radius 2 is 0.938 bits per heavy atom. The van der Waals surface area contributed by atoms with Gasteiger partial charge in [0.25, 0.3) is 0 Å². The summed E-state index contributed by atoms with van der Waals surface area (Å²) in [5, 5.41) is 0. The van der Waals surface area contributed by atoms with Crippen LogP contribution in [-0.4, -0.2) is 25.2 Å². The first-order valence-corrected chi connectivity index (χ1v) is 13.6. The highest BCUT2D eigenvalue weighted by atomic mass is 16.5. The highest BCUT2D eigenvalue weighted by molar-refractivity contribution is 5.69. The zero-order valence-corrected chi connectivity index (χ0v) is 22.1. The number of esters is 2. The molecule has 32 heavy (non-hydrogen) atoms. The van der Waals surface area contributed by atoms with Crippen LogP contribution in [0.3, 0.4) is 0 Å². The molecule has 0 saturated carbocycles. The van der Waals surface area contributed by atoms with Crippen molar-refractivity contribution in [3.8, 4) is 0 Å². The van der Waals surface area contributed by atoms with Crippen molar-refractivity contribution in [3.05, 3.63) is 0 Å². The number of ether oxygens (including phenoxy) is 2. The lowest BCUT2D eigenvalue weighted by atomic mass is 9.97. The maximum absolute atomic E-state index is 11.8. The molecule has 0 heterocycles. The third-order valence-corrected chi connectivity index (χ3v) is 6.05. The Morgan fingerprint density at radius 3 is 1.44 bits per heavy atom. The first-order chi connectivity index (χ1) is 15.3. The molecule has 0 aliphatic rings. The Morgan fingerprint density at radius 1 is 0.500 bits per heavy atom. The van der Waals surface area contributed by atoms with Crippen LogP contribution in [0, 0.1) is 17.8 Å². The lowest BCUT2D eigenvalue weighted by Crippen LogP contribution is -2.08. The highest BCUT2D eigenvalue weighted by Gasteiger charge is 2.08. The molecule has 0 rings (SSSR count). The standard InChI is InChI=1S/C28H54O4/c1-24(2)16-14-22-31-27(29)19-13-11-9-7-6-8-10-12-18-26(5)20-21-28(30)32-23-15-17-25(3)4/h24-26H,6-23H2,1-5H3. The van der Waals surface area contributed by atoms with Gasteiger partial charge in [-0.25, -0.2) is 0 Å². The van der Waals surface area contributed by atoms with E-state index in [0.717, 1.165) is 44.9 Å². The van der Waals surface area contributed by atoms with Crippen LogP contribution in [-0.2, 0) is 19.1 Å². The summed E-state index contributed by atoms with van der Waals surface area (Å²) in [6.45, 7) is 12.2. The molecular formula is C28H54O4. The fourth-order valence-electron chi connectivity index (χ4n) is 3.83. The second-order valence-electron chi connectivity index (χ2n) is 10.5. The summed E-state index contributed by atoms with van der Waals surface area (Å²) in [5.74, 6) is 1.90. The van der Waals surface area contributed by atoms with Gasteiger partial charge in [0.2, 0.25) is 0 Å². The monoisotopic (exact) mass is 454 g/mol. The molecule has 0 spiro atoms. The molecule has 1 atom stereocenters. The van der Waals surface area contributed by atoms with Crippen LogP contribution in [0.15, 0.2) is 0 Å². The molecule has 0 radical (unpaired) electrons. The van der Waals surface area contributed by atoms with Crippen LogP contribution in [0.4, 0.5) is 0 Å². The summed E-state index contributed by atoms with van der Waals surface area (Å²) >= 11 is 0. The van der Waals surface area contributed by atoms with E-state index in [1.807, 2.05) is 0 Å². The Balaban J connectivity index is 3.37. The van der Waals surface area contributed by atoms with Crippen molar-refractivity contribution in [2.24, 2.45) is 17.8 Å². The normalized spacial score (nSPS) is 12.3. The van der Waals surface area contributed by atoms with Gasteiger partial charge < -0.3 is 9.47 Å². The topological polar surface area (TPSA) is 52.6 Å². The maximum Gasteiger partial charge on any atom is 0.305 e. The molecule has 0 aliphatic carbocycles. The van der Waals surface area contributed by atoms with Gasteiger partial charge in [-0.2, -0.15) is 0 Å². The van der Waals surface area contributed by atoms with E-state index in [9.17, 15) is 9.59 Å². The first-order valence-electron chi connectivity index (χ1n) is 13.6. The second kappa shape index (κ2) is 21.8.